The molecule has 1 aromatic heterocycles. The summed E-state index contributed by atoms with van der Waals surface area (Å²) in [7, 11) is 0. The molecule has 5 heteroatoms. The molecule has 1 unspecified atom stereocenters. The molecule has 0 aliphatic heterocycles. The average molecular weight is 326 g/mol. The van der Waals surface area contributed by atoms with Gasteiger partial charge in [-0.2, -0.15) is 0 Å². The van der Waals surface area contributed by atoms with Crippen LogP contribution in [0.15, 0.2) is 17.1 Å². The highest BCUT2D eigenvalue weighted by Gasteiger charge is 2.21. The smallest absolute Gasteiger partial charge is 0.191 e. The maximum Gasteiger partial charge on any atom is 0.191 e. The van der Waals surface area contributed by atoms with Crippen molar-refractivity contribution >= 4 is 17.3 Å². The minimum Gasteiger partial charge on any atom is -0.388 e. The van der Waals surface area contributed by atoms with Crippen LogP contribution in [-0.4, -0.2) is 35.8 Å². The van der Waals surface area contributed by atoms with Crippen LogP contribution in [0.2, 0.25) is 0 Å². The van der Waals surface area contributed by atoms with Crippen LogP contribution in [0.1, 0.15) is 50.3 Å². The predicted octanol–water partition coefficient (Wildman–Crippen LogP) is 3.09. The molecule has 1 atom stereocenters. The molecular weight excluding hydrogens is 294 g/mol. The number of guanidine groups is 1. The Morgan fingerprint density at radius 1 is 1.32 bits per heavy atom. The van der Waals surface area contributed by atoms with E-state index in [0.717, 1.165) is 31.8 Å². The fraction of sp³-hybridized carbons (Fsp3) is 0.706. The van der Waals surface area contributed by atoms with Gasteiger partial charge in [-0.25, -0.2) is 0 Å². The van der Waals surface area contributed by atoms with Crippen molar-refractivity contribution in [2.24, 2.45) is 4.99 Å². The Morgan fingerprint density at radius 3 is 2.50 bits per heavy atom. The zero-order valence-corrected chi connectivity index (χ0v) is 15.4. The quantitative estimate of drug-likeness (QED) is 0.508. The minimum atomic E-state index is -0.698. The first kappa shape index (κ1) is 19.0. The lowest BCUT2D eigenvalue weighted by Crippen LogP contribution is -2.44. The number of aliphatic hydroxyl groups is 1. The second-order valence-electron chi connectivity index (χ2n) is 5.89. The fourth-order valence-electron chi connectivity index (χ4n) is 2.20. The first-order valence-corrected chi connectivity index (χ1v) is 9.06. The zero-order chi connectivity index (χ0) is 16.6. The Labute approximate surface area is 139 Å². The van der Waals surface area contributed by atoms with Crippen molar-refractivity contribution < 1.29 is 5.11 Å². The van der Waals surface area contributed by atoms with E-state index >= 15 is 0 Å². The summed E-state index contributed by atoms with van der Waals surface area (Å²) in [5, 5.41) is 17.0. The van der Waals surface area contributed by atoms with Crippen LogP contribution in [0.25, 0.3) is 0 Å². The van der Waals surface area contributed by atoms with Crippen molar-refractivity contribution in [3.05, 3.63) is 21.9 Å². The van der Waals surface area contributed by atoms with Crippen molar-refractivity contribution in [1.82, 2.24) is 10.6 Å². The second-order valence-corrected chi connectivity index (χ2v) is 7.26. The average Bonchev–Trinajstić information content (AvgIpc) is 2.89. The van der Waals surface area contributed by atoms with Crippen molar-refractivity contribution in [3.8, 4) is 0 Å². The molecule has 1 heterocycles. The molecule has 4 nitrogen and oxygen atoms in total. The molecule has 22 heavy (non-hydrogen) atoms. The standard InChI is InChI=1S/C17H31N3OS/c1-6-17(21,7-2)12-19-16(18-8-3)20-13(4)11-15-10-9-14(5)22-15/h9-10,13,21H,6-8,11-12H2,1-5H3,(H2,18,19,20). The van der Waals surface area contributed by atoms with Gasteiger partial charge in [-0.05, 0) is 45.7 Å². The number of hydrogen-bond acceptors (Lipinski definition) is 3. The van der Waals surface area contributed by atoms with E-state index in [-0.39, 0.29) is 0 Å². The summed E-state index contributed by atoms with van der Waals surface area (Å²) >= 11 is 1.84. The van der Waals surface area contributed by atoms with Crippen LogP contribution in [0.3, 0.4) is 0 Å². The second kappa shape index (κ2) is 9.16. The van der Waals surface area contributed by atoms with Gasteiger partial charge in [-0.3, -0.25) is 4.99 Å². The van der Waals surface area contributed by atoms with Crippen LogP contribution in [0.4, 0.5) is 0 Å². The number of aliphatic imine (C=N–C) groups is 1. The third kappa shape index (κ3) is 6.36. The zero-order valence-electron chi connectivity index (χ0n) is 14.6. The van der Waals surface area contributed by atoms with Gasteiger partial charge >= 0.3 is 0 Å². The molecule has 1 rings (SSSR count). The number of thiophene rings is 1. The maximum atomic E-state index is 10.4. The lowest BCUT2D eigenvalue weighted by atomic mass is 9.98. The normalized spacial score (nSPS) is 14.0. The van der Waals surface area contributed by atoms with E-state index in [1.807, 2.05) is 25.2 Å². The lowest BCUT2D eigenvalue weighted by molar-refractivity contribution is 0.0418. The molecule has 1 aromatic rings. The van der Waals surface area contributed by atoms with Crippen LogP contribution in [0.5, 0.6) is 0 Å². The molecular formula is C17H31N3OS. The third-order valence-electron chi connectivity index (χ3n) is 3.88. The van der Waals surface area contributed by atoms with E-state index in [9.17, 15) is 5.11 Å². The maximum absolute atomic E-state index is 10.4. The Kier molecular flexibility index (Phi) is 7.90. The topological polar surface area (TPSA) is 56.7 Å². The molecule has 0 aliphatic carbocycles. The van der Waals surface area contributed by atoms with Gasteiger partial charge in [0.25, 0.3) is 0 Å². The fourth-order valence-corrected chi connectivity index (χ4v) is 3.22. The van der Waals surface area contributed by atoms with Crippen molar-refractivity contribution in [2.75, 3.05) is 13.1 Å². The van der Waals surface area contributed by atoms with E-state index in [2.05, 4.69) is 48.5 Å². The number of hydrogen-bond donors (Lipinski definition) is 3. The van der Waals surface area contributed by atoms with Gasteiger partial charge < -0.3 is 15.7 Å². The Bertz CT molecular complexity index is 466. The van der Waals surface area contributed by atoms with E-state index in [1.165, 1.54) is 9.75 Å². The summed E-state index contributed by atoms with van der Waals surface area (Å²) < 4.78 is 0. The van der Waals surface area contributed by atoms with E-state index in [0.29, 0.717) is 12.6 Å². The van der Waals surface area contributed by atoms with E-state index < -0.39 is 5.60 Å². The summed E-state index contributed by atoms with van der Waals surface area (Å²) in [4.78, 5) is 7.29. The number of rotatable bonds is 8. The molecule has 0 spiro atoms. The first-order chi connectivity index (χ1) is 10.4. The van der Waals surface area contributed by atoms with Gasteiger partial charge in [0.2, 0.25) is 0 Å². The van der Waals surface area contributed by atoms with Gasteiger partial charge in [0, 0.05) is 28.8 Å². The number of aryl methyl sites for hydroxylation is 1. The van der Waals surface area contributed by atoms with Gasteiger partial charge in [-0.15, -0.1) is 11.3 Å². The molecule has 0 radical (unpaired) electrons. The summed E-state index contributed by atoms with van der Waals surface area (Å²) in [6, 6.07) is 4.65. The summed E-state index contributed by atoms with van der Waals surface area (Å²) in [5.74, 6) is 0.781. The van der Waals surface area contributed by atoms with E-state index in [4.69, 9.17) is 0 Å². The van der Waals surface area contributed by atoms with Crippen molar-refractivity contribution in [2.45, 2.75) is 65.5 Å². The highest BCUT2D eigenvalue weighted by molar-refractivity contribution is 7.11. The summed E-state index contributed by atoms with van der Waals surface area (Å²) in [6.45, 7) is 11.6. The third-order valence-corrected chi connectivity index (χ3v) is 4.90. The highest BCUT2D eigenvalue weighted by Crippen LogP contribution is 2.17. The molecule has 0 saturated heterocycles. The van der Waals surface area contributed by atoms with Gasteiger partial charge in [0.15, 0.2) is 5.96 Å². The van der Waals surface area contributed by atoms with Crippen molar-refractivity contribution in [1.29, 1.82) is 0 Å². The van der Waals surface area contributed by atoms with Crippen LogP contribution >= 0.6 is 11.3 Å². The largest absolute Gasteiger partial charge is 0.388 e. The molecule has 3 N–H and O–H groups in total. The molecule has 0 amide bonds. The Morgan fingerprint density at radius 2 is 2.00 bits per heavy atom. The molecule has 0 fully saturated rings. The minimum absolute atomic E-state index is 0.298. The first-order valence-electron chi connectivity index (χ1n) is 8.25. The predicted molar refractivity (Wildman–Crippen MR) is 96.9 cm³/mol. The molecule has 0 bridgehead atoms. The Hall–Kier alpha value is -1.07. The summed E-state index contributed by atoms with van der Waals surface area (Å²) in [6.07, 6.45) is 2.42. The summed E-state index contributed by atoms with van der Waals surface area (Å²) in [5.41, 5.74) is -0.698. The SMILES string of the molecule is CCNC(=NCC(O)(CC)CC)NC(C)Cc1ccc(C)s1. The molecule has 0 aliphatic rings. The van der Waals surface area contributed by atoms with Crippen LogP contribution in [-0.2, 0) is 6.42 Å². The van der Waals surface area contributed by atoms with Gasteiger partial charge in [0.1, 0.15) is 0 Å². The monoisotopic (exact) mass is 325 g/mol. The van der Waals surface area contributed by atoms with Gasteiger partial charge in [0.05, 0.1) is 12.1 Å². The lowest BCUT2D eigenvalue weighted by Gasteiger charge is -2.24. The Balaban J connectivity index is 2.62. The molecule has 0 saturated carbocycles. The molecule has 126 valence electrons. The molecule has 0 aromatic carbocycles. The highest BCUT2D eigenvalue weighted by atomic mass is 32.1. The number of nitrogens with one attached hydrogen (secondary N) is 2. The van der Waals surface area contributed by atoms with Crippen LogP contribution < -0.4 is 10.6 Å². The van der Waals surface area contributed by atoms with Gasteiger partial charge in [-0.1, -0.05) is 13.8 Å². The van der Waals surface area contributed by atoms with Crippen molar-refractivity contribution in [3.63, 3.8) is 0 Å². The van der Waals surface area contributed by atoms with Crippen LogP contribution in [0, 0.1) is 6.92 Å². The number of nitrogens with zero attached hydrogens (tertiary/aromatic N) is 1. The van der Waals surface area contributed by atoms with E-state index in [1.54, 1.807) is 0 Å².